The van der Waals surface area contributed by atoms with Gasteiger partial charge in [-0.2, -0.15) is 0 Å². The van der Waals surface area contributed by atoms with Gasteiger partial charge in [0.2, 0.25) is 0 Å². The molecule has 0 spiro atoms. The van der Waals surface area contributed by atoms with E-state index in [9.17, 15) is 4.79 Å². The summed E-state index contributed by atoms with van der Waals surface area (Å²) in [4.78, 5) is 14.5. The second kappa shape index (κ2) is 7.31. The van der Waals surface area contributed by atoms with Gasteiger partial charge in [0, 0.05) is 26.8 Å². The van der Waals surface area contributed by atoms with Crippen LogP contribution >= 0.6 is 0 Å². The second-order valence-electron chi connectivity index (χ2n) is 5.35. The molecular weight excluding hydrogens is 268 g/mol. The van der Waals surface area contributed by atoms with E-state index in [1.165, 1.54) is 0 Å². The molecule has 1 aromatic rings. The number of para-hydroxylation sites is 1. The average molecular weight is 292 g/mol. The molecule has 0 bridgehead atoms. The van der Waals surface area contributed by atoms with Crippen molar-refractivity contribution in [3.63, 3.8) is 0 Å². The van der Waals surface area contributed by atoms with Gasteiger partial charge in [0.1, 0.15) is 0 Å². The van der Waals surface area contributed by atoms with Crippen LogP contribution in [-0.4, -0.2) is 44.2 Å². The third kappa shape index (κ3) is 3.67. The maximum absolute atomic E-state index is 12.7. The van der Waals surface area contributed by atoms with Crippen molar-refractivity contribution in [3.05, 3.63) is 23.8 Å². The summed E-state index contributed by atoms with van der Waals surface area (Å²) in [6.07, 6.45) is 1.96. The Kier molecular flexibility index (Phi) is 5.44. The lowest BCUT2D eigenvalue weighted by molar-refractivity contribution is 0.0610. The summed E-state index contributed by atoms with van der Waals surface area (Å²) in [7, 11) is 1.72. The van der Waals surface area contributed by atoms with Gasteiger partial charge in [-0.05, 0) is 37.8 Å². The number of piperidine rings is 1. The molecule has 2 N–H and O–H groups in total. The number of amides is 1. The van der Waals surface area contributed by atoms with Gasteiger partial charge in [-0.1, -0.05) is 6.07 Å². The van der Waals surface area contributed by atoms with Crippen molar-refractivity contribution in [2.45, 2.75) is 19.8 Å². The van der Waals surface area contributed by atoms with Crippen LogP contribution in [0.1, 0.15) is 30.1 Å². The smallest absolute Gasteiger partial charge is 0.257 e. The Hall–Kier alpha value is -1.75. The molecule has 21 heavy (non-hydrogen) atoms. The monoisotopic (exact) mass is 292 g/mol. The Bertz CT molecular complexity index is 482. The predicted octanol–water partition coefficient (Wildman–Crippen LogP) is 2.17. The average Bonchev–Trinajstić information content (AvgIpc) is 2.50. The molecule has 1 amide bonds. The number of hydrogen-bond acceptors (Lipinski definition) is 4. The van der Waals surface area contributed by atoms with Gasteiger partial charge >= 0.3 is 0 Å². The molecule has 1 aromatic carbocycles. The molecule has 5 heteroatoms. The van der Waals surface area contributed by atoms with Crippen molar-refractivity contribution >= 4 is 11.6 Å². The zero-order valence-electron chi connectivity index (χ0n) is 12.8. The van der Waals surface area contributed by atoms with Gasteiger partial charge in [-0.15, -0.1) is 0 Å². The van der Waals surface area contributed by atoms with Gasteiger partial charge in [0.15, 0.2) is 5.75 Å². The number of ether oxygens (including phenoxy) is 2. The molecular formula is C16H24N2O3. The second-order valence-corrected chi connectivity index (χ2v) is 5.35. The topological polar surface area (TPSA) is 64.8 Å². The predicted molar refractivity (Wildman–Crippen MR) is 82.5 cm³/mol. The number of nitrogens with zero attached hydrogens (tertiary/aromatic N) is 1. The van der Waals surface area contributed by atoms with Crippen LogP contribution in [0.2, 0.25) is 0 Å². The first kappa shape index (κ1) is 15.6. The molecule has 1 saturated heterocycles. The Morgan fingerprint density at radius 3 is 2.71 bits per heavy atom. The molecule has 1 fully saturated rings. The summed E-state index contributed by atoms with van der Waals surface area (Å²) >= 11 is 0. The Morgan fingerprint density at radius 1 is 1.38 bits per heavy atom. The van der Waals surface area contributed by atoms with E-state index in [-0.39, 0.29) is 5.91 Å². The summed E-state index contributed by atoms with van der Waals surface area (Å²) in [5.74, 6) is 1.05. The van der Waals surface area contributed by atoms with Crippen molar-refractivity contribution in [2.24, 2.45) is 5.92 Å². The SMILES string of the molecule is CCOc1c(N)cccc1C(=O)N1CCC(COC)CC1. The summed E-state index contributed by atoms with van der Waals surface area (Å²) < 4.78 is 10.7. The standard InChI is InChI=1S/C16H24N2O3/c1-3-21-15-13(5-4-6-14(15)17)16(19)18-9-7-12(8-10-18)11-20-2/h4-6,12H,3,7-11,17H2,1-2H3. The van der Waals surface area contributed by atoms with Gasteiger partial charge in [0.25, 0.3) is 5.91 Å². The summed E-state index contributed by atoms with van der Waals surface area (Å²) in [6.45, 7) is 4.66. The van der Waals surface area contributed by atoms with Gasteiger partial charge in [-0.3, -0.25) is 4.79 Å². The van der Waals surface area contributed by atoms with Crippen LogP contribution in [-0.2, 0) is 4.74 Å². The number of nitrogen functional groups attached to an aromatic ring is 1. The number of nitrogens with two attached hydrogens (primary N) is 1. The minimum Gasteiger partial charge on any atom is -0.491 e. The first-order valence-electron chi connectivity index (χ1n) is 7.46. The van der Waals surface area contributed by atoms with E-state index < -0.39 is 0 Å². The van der Waals surface area contributed by atoms with Crippen molar-refractivity contribution < 1.29 is 14.3 Å². The summed E-state index contributed by atoms with van der Waals surface area (Å²) in [5.41, 5.74) is 6.99. The highest BCUT2D eigenvalue weighted by Gasteiger charge is 2.26. The molecule has 116 valence electrons. The summed E-state index contributed by atoms with van der Waals surface area (Å²) in [6, 6.07) is 5.33. The Morgan fingerprint density at radius 2 is 2.10 bits per heavy atom. The number of likely N-dealkylation sites (tertiary alicyclic amines) is 1. The van der Waals surface area contributed by atoms with Crippen LogP contribution in [0.3, 0.4) is 0 Å². The highest BCUT2D eigenvalue weighted by atomic mass is 16.5. The molecule has 1 aliphatic heterocycles. The number of rotatable bonds is 5. The van der Waals surface area contributed by atoms with E-state index >= 15 is 0 Å². The first-order chi connectivity index (χ1) is 10.2. The minimum atomic E-state index is 0.00150. The lowest BCUT2D eigenvalue weighted by Gasteiger charge is -2.32. The molecule has 0 radical (unpaired) electrons. The summed E-state index contributed by atoms with van der Waals surface area (Å²) in [5, 5.41) is 0. The number of carbonyl (C=O) groups is 1. The van der Waals surface area contributed by atoms with Gasteiger partial charge in [0.05, 0.1) is 17.9 Å². The number of methoxy groups -OCH3 is 1. The van der Waals surface area contributed by atoms with Crippen LogP contribution in [0.15, 0.2) is 18.2 Å². The number of benzene rings is 1. The molecule has 0 aliphatic carbocycles. The van der Waals surface area contributed by atoms with E-state index in [1.54, 1.807) is 25.3 Å². The van der Waals surface area contributed by atoms with Crippen molar-refractivity contribution in [2.75, 3.05) is 39.1 Å². The van der Waals surface area contributed by atoms with Gasteiger partial charge < -0.3 is 20.1 Å². The zero-order chi connectivity index (χ0) is 15.2. The molecule has 5 nitrogen and oxygen atoms in total. The van der Waals surface area contributed by atoms with Crippen LogP contribution in [0.25, 0.3) is 0 Å². The minimum absolute atomic E-state index is 0.00150. The lowest BCUT2D eigenvalue weighted by Crippen LogP contribution is -2.39. The van der Waals surface area contributed by atoms with E-state index in [0.717, 1.165) is 32.5 Å². The van der Waals surface area contributed by atoms with Crippen LogP contribution in [0, 0.1) is 5.92 Å². The largest absolute Gasteiger partial charge is 0.491 e. The van der Waals surface area contributed by atoms with Crippen molar-refractivity contribution in [3.8, 4) is 5.75 Å². The lowest BCUT2D eigenvalue weighted by atomic mass is 9.97. The van der Waals surface area contributed by atoms with E-state index in [1.807, 2.05) is 11.8 Å². The number of hydrogen-bond donors (Lipinski definition) is 1. The highest BCUT2D eigenvalue weighted by molar-refractivity contribution is 5.98. The zero-order valence-corrected chi connectivity index (χ0v) is 12.8. The molecule has 0 atom stereocenters. The quantitative estimate of drug-likeness (QED) is 0.845. The number of anilines is 1. The fourth-order valence-electron chi connectivity index (χ4n) is 2.74. The van der Waals surface area contributed by atoms with Crippen LogP contribution in [0.5, 0.6) is 5.75 Å². The van der Waals surface area contributed by atoms with Crippen LogP contribution in [0.4, 0.5) is 5.69 Å². The molecule has 2 rings (SSSR count). The third-order valence-corrected chi connectivity index (χ3v) is 3.87. The molecule has 0 saturated carbocycles. The van der Waals surface area contributed by atoms with Crippen LogP contribution < -0.4 is 10.5 Å². The van der Waals surface area contributed by atoms with E-state index in [4.69, 9.17) is 15.2 Å². The fourth-order valence-corrected chi connectivity index (χ4v) is 2.74. The maximum Gasteiger partial charge on any atom is 0.257 e. The molecule has 1 heterocycles. The van der Waals surface area contributed by atoms with Crippen molar-refractivity contribution in [1.29, 1.82) is 0 Å². The molecule has 0 unspecified atom stereocenters. The third-order valence-electron chi connectivity index (χ3n) is 3.87. The maximum atomic E-state index is 12.7. The highest BCUT2D eigenvalue weighted by Crippen LogP contribution is 2.29. The Balaban J connectivity index is 2.09. The normalized spacial score (nSPS) is 16.0. The first-order valence-corrected chi connectivity index (χ1v) is 7.46. The number of carbonyl (C=O) groups excluding carboxylic acids is 1. The molecule has 1 aliphatic rings. The molecule has 0 aromatic heterocycles. The van der Waals surface area contributed by atoms with E-state index in [0.29, 0.717) is 29.5 Å². The van der Waals surface area contributed by atoms with Crippen molar-refractivity contribution in [1.82, 2.24) is 4.90 Å². The fraction of sp³-hybridized carbons (Fsp3) is 0.562. The Labute approximate surface area is 126 Å². The van der Waals surface area contributed by atoms with Gasteiger partial charge in [-0.25, -0.2) is 0 Å². The van der Waals surface area contributed by atoms with E-state index in [2.05, 4.69) is 0 Å².